The van der Waals surface area contributed by atoms with Crippen molar-refractivity contribution in [3.8, 4) is 0 Å². The molecule has 1 heterocycles. The van der Waals surface area contributed by atoms with Gasteiger partial charge in [-0.05, 0) is 10.6 Å². The summed E-state index contributed by atoms with van der Waals surface area (Å²) in [7, 11) is 0. The van der Waals surface area contributed by atoms with Crippen LogP contribution in [0.2, 0.25) is 0 Å². The molecule has 0 radical (unpaired) electrons. The summed E-state index contributed by atoms with van der Waals surface area (Å²) in [4.78, 5) is 13.9. The fourth-order valence-electron chi connectivity index (χ4n) is 1.64. The molecule has 11 heteroatoms. The monoisotopic (exact) mass is 263 g/mol. The summed E-state index contributed by atoms with van der Waals surface area (Å²) in [5.41, 5.74) is 7.44. The Morgan fingerprint density at radius 1 is 1.50 bits per heavy atom. The molecule has 102 valence electrons. The third kappa shape index (κ3) is 2.11. The smallest absolute Gasteiger partial charge is 0.275 e. The molecule has 0 unspecified atom stereocenters. The quantitative estimate of drug-likeness (QED) is 0.0756. The molecule has 0 saturated carbocycles. The molecule has 0 aromatic carbocycles. The topological polar surface area (TPSA) is 194 Å². The van der Waals surface area contributed by atoms with E-state index < -0.39 is 42.7 Å². The lowest BCUT2D eigenvalue weighted by molar-refractivity contribution is -0.264. The Kier molecular flexibility index (Phi) is 4.43. The molecule has 0 aromatic rings. The Balaban J connectivity index is 3.23. The number of aliphatic hydroxyl groups is 4. The number of hydrogen-bond acceptors (Lipinski definition) is 8. The number of nitrogens with two attached hydrogens (primary N) is 1. The normalized spacial score (nSPS) is 39.8. The van der Waals surface area contributed by atoms with Crippen molar-refractivity contribution in [3.63, 3.8) is 0 Å². The third-order valence-electron chi connectivity index (χ3n) is 2.62. The molecular weight excluding hydrogens is 250 g/mol. The van der Waals surface area contributed by atoms with E-state index in [1.54, 1.807) is 5.43 Å². The Morgan fingerprint density at radius 3 is 2.56 bits per heavy atom. The van der Waals surface area contributed by atoms with Crippen LogP contribution in [-0.4, -0.2) is 63.1 Å². The van der Waals surface area contributed by atoms with Crippen LogP contribution in [0.4, 0.5) is 0 Å². The highest BCUT2D eigenvalue weighted by atomic mass is 16.6. The maximum absolute atomic E-state index is 11.5. The van der Waals surface area contributed by atoms with Crippen LogP contribution in [0.15, 0.2) is 5.11 Å². The number of azide groups is 1. The van der Waals surface area contributed by atoms with Gasteiger partial charge in [-0.3, -0.25) is 10.2 Å². The molecule has 1 aliphatic heterocycles. The third-order valence-corrected chi connectivity index (χ3v) is 2.62. The van der Waals surface area contributed by atoms with Gasteiger partial charge in [-0.15, -0.1) is 0 Å². The molecular formula is C7H13N5O6. The van der Waals surface area contributed by atoms with E-state index in [-0.39, 0.29) is 0 Å². The van der Waals surface area contributed by atoms with Gasteiger partial charge in [0.05, 0.1) is 6.61 Å². The summed E-state index contributed by atoms with van der Waals surface area (Å²) in [5, 5.41) is 40.7. The van der Waals surface area contributed by atoms with Gasteiger partial charge in [0, 0.05) is 4.91 Å². The van der Waals surface area contributed by atoms with E-state index in [1.807, 2.05) is 0 Å². The molecule has 0 bridgehead atoms. The Bertz CT molecular complexity index is 371. The molecule has 1 fully saturated rings. The summed E-state index contributed by atoms with van der Waals surface area (Å²) in [5.74, 6) is 3.64. The number of hydrazine groups is 1. The molecule has 0 spiro atoms. The van der Waals surface area contributed by atoms with Crippen molar-refractivity contribution in [2.75, 3.05) is 6.61 Å². The number of aliphatic hydroxyl groups excluding tert-OH is 4. The van der Waals surface area contributed by atoms with Gasteiger partial charge < -0.3 is 25.2 Å². The predicted octanol–water partition coefficient (Wildman–Crippen LogP) is -3.54. The zero-order chi connectivity index (χ0) is 13.9. The number of nitrogens with one attached hydrogen (secondary N) is 1. The van der Waals surface area contributed by atoms with E-state index >= 15 is 0 Å². The highest BCUT2D eigenvalue weighted by molar-refractivity contribution is 5.85. The molecule has 1 saturated heterocycles. The van der Waals surface area contributed by atoms with Crippen LogP contribution in [-0.2, 0) is 9.53 Å². The van der Waals surface area contributed by atoms with Gasteiger partial charge >= 0.3 is 0 Å². The standard InChI is InChI=1S/C7H13N5O6/c8-10-6(17)7(11-12-9)5(16)4(15)3(14)2(1-13)18-7/h2-5,13-16H,1,8H2,(H,10,17)/t2-,3+,4+,5-,7+/m1/s1. The Morgan fingerprint density at radius 2 is 2.11 bits per heavy atom. The number of hydrogen-bond donors (Lipinski definition) is 6. The maximum atomic E-state index is 11.5. The first-order chi connectivity index (χ1) is 8.44. The molecule has 0 aromatic heterocycles. The molecule has 1 amide bonds. The average Bonchev–Trinajstić information content (AvgIpc) is 2.38. The lowest BCUT2D eigenvalue weighted by Gasteiger charge is -2.44. The van der Waals surface area contributed by atoms with Crippen LogP contribution >= 0.6 is 0 Å². The first-order valence-corrected chi connectivity index (χ1v) is 4.84. The number of nitrogens with zero attached hydrogens (tertiary/aromatic N) is 3. The van der Waals surface area contributed by atoms with E-state index in [9.17, 15) is 20.1 Å². The Labute approximate surface area is 100 Å². The summed E-state index contributed by atoms with van der Waals surface area (Å²) < 4.78 is 4.89. The SMILES string of the molecule is [N-]=[N+]=N[C@]1(C(=O)NN)O[C@H](CO)[C@H](O)[C@H](O)[C@H]1O. The lowest BCUT2D eigenvalue weighted by atomic mass is 9.90. The van der Waals surface area contributed by atoms with Crippen molar-refractivity contribution in [2.24, 2.45) is 11.0 Å². The average molecular weight is 263 g/mol. The minimum Gasteiger partial charge on any atom is -0.394 e. The van der Waals surface area contributed by atoms with Gasteiger partial charge in [0.25, 0.3) is 11.6 Å². The number of rotatable bonds is 3. The first-order valence-electron chi connectivity index (χ1n) is 4.84. The summed E-state index contributed by atoms with van der Waals surface area (Å²) >= 11 is 0. The van der Waals surface area contributed by atoms with Gasteiger partial charge in [-0.1, -0.05) is 0 Å². The minimum absolute atomic E-state index is 0.772. The number of amides is 1. The van der Waals surface area contributed by atoms with E-state index in [1.165, 1.54) is 0 Å². The second-order valence-corrected chi connectivity index (χ2v) is 3.62. The van der Waals surface area contributed by atoms with E-state index in [0.717, 1.165) is 0 Å². The molecule has 5 atom stereocenters. The van der Waals surface area contributed by atoms with Gasteiger partial charge in [0.2, 0.25) is 0 Å². The molecule has 1 aliphatic rings. The highest BCUT2D eigenvalue weighted by Gasteiger charge is 2.57. The van der Waals surface area contributed by atoms with Crippen LogP contribution in [0.25, 0.3) is 10.4 Å². The van der Waals surface area contributed by atoms with Crippen LogP contribution in [0.5, 0.6) is 0 Å². The zero-order valence-electron chi connectivity index (χ0n) is 9.04. The van der Waals surface area contributed by atoms with E-state index in [0.29, 0.717) is 0 Å². The summed E-state index contributed by atoms with van der Waals surface area (Å²) in [6.07, 6.45) is -6.99. The molecule has 11 nitrogen and oxygen atoms in total. The molecule has 18 heavy (non-hydrogen) atoms. The van der Waals surface area contributed by atoms with Crippen LogP contribution < -0.4 is 11.3 Å². The van der Waals surface area contributed by atoms with Crippen molar-refractivity contribution in [1.29, 1.82) is 0 Å². The molecule has 1 rings (SSSR count). The van der Waals surface area contributed by atoms with E-state index in [2.05, 4.69) is 10.0 Å². The fourth-order valence-corrected chi connectivity index (χ4v) is 1.64. The van der Waals surface area contributed by atoms with Crippen molar-refractivity contribution >= 4 is 5.91 Å². The molecule has 0 aliphatic carbocycles. The van der Waals surface area contributed by atoms with Gasteiger partial charge in [0.1, 0.15) is 24.4 Å². The second kappa shape index (κ2) is 5.46. The van der Waals surface area contributed by atoms with Gasteiger partial charge in [0.15, 0.2) is 0 Å². The minimum atomic E-state index is -2.56. The van der Waals surface area contributed by atoms with Crippen molar-refractivity contribution < 1.29 is 30.0 Å². The highest BCUT2D eigenvalue weighted by Crippen LogP contribution is 2.31. The summed E-state index contributed by atoms with van der Waals surface area (Å²) in [6.45, 7) is -0.772. The van der Waals surface area contributed by atoms with Crippen molar-refractivity contribution in [1.82, 2.24) is 5.43 Å². The zero-order valence-corrected chi connectivity index (χ0v) is 9.04. The number of ether oxygens (including phenoxy) is 1. The largest absolute Gasteiger partial charge is 0.394 e. The van der Waals surface area contributed by atoms with Crippen LogP contribution in [0.3, 0.4) is 0 Å². The Hall–Kier alpha value is -1.46. The summed E-state index contributed by atoms with van der Waals surface area (Å²) in [6, 6.07) is 0. The van der Waals surface area contributed by atoms with Crippen LogP contribution in [0.1, 0.15) is 0 Å². The maximum Gasteiger partial charge on any atom is 0.275 e. The van der Waals surface area contributed by atoms with Crippen LogP contribution in [0, 0.1) is 0 Å². The van der Waals surface area contributed by atoms with E-state index in [4.69, 9.17) is 21.2 Å². The number of carbonyl (C=O) groups is 1. The second-order valence-electron chi connectivity index (χ2n) is 3.62. The number of carbonyl (C=O) groups excluding carboxylic acids is 1. The van der Waals surface area contributed by atoms with Gasteiger partial charge in [-0.25, -0.2) is 5.84 Å². The van der Waals surface area contributed by atoms with Crippen molar-refractivity contribution in [2.45, 2.75) is 30.1 Å². The van der Waals surface area contributed by atoms with Crippen molar-refractivity contribution in [3.05, 3.63) is 10.4 Å². The first kappa shape index (κ1) is 14.6. The van der Waals surface area contributed by atoms with Gasteiger partial charge in [-0.2, -0.15) is 0 Å². The molecule has 7 N–H and O–H groups in total. The predicted molar refractivity (Wildman–Crippen MR) is 54.2 cm³/mol. The lowest BCUT2D eigenvalue weighted by Crippen LogP contribution is -2.69. The fraction of sp³-hybridized carbons (Fsp3) is 0.857.